The maximum absolute atomic E-state index is 11.4. The van der Waals surface area contributed by atoms with Crippen molar-refractivity contribution in [3.05, 3.63) is 57.0 Å². The first-order chi connectivity index (χ1) is 8.19. The average Bonchev–Trinajstić information content (AvgIpc) is 2.33. The van der Waals surface area contributed by atoms with Crippen LogP contribution in [0.2, 0.25) is 0 Å². The van der Waals surface area contributed by atoms with E-state index in [1.54, 1.807) is 18.2 Å². The van der Waals surface area contributed by atoms with E-state index in [2.05, 4.69) is 9.97 Å². The molecule has 2 heterocycles. The molecule has 0 amide bonds. The van der Waals surface area contributed by atoms with E-state index >= 15 is 0 Å². The molecule has 6 nitrogen and oxygen atoms in total. The first-order valence-corrected chi connectivity index (χ1v) is 4.99. The van der Waals surface area contributed by atoms with Crippen molar-refractivity contribution in [3.8, 4) is 5.88 Å². The summed E-state index contributed by atoms with van der Waals surface area (Å²) in [6.07, 6.45) is 1.43. The summed E-state index contributed by atoms with van der Waals surface area (Å²) in [4.78, 5) is 28.7. The summed E-state index contributed by atoms with van der Waals surface area (Å²) in [5, 5.41) is 0. The number of nitrogens with one attached hydrogen (secondary N) is 1. The molecule has 0 aromatic carbocycles. The molecule has 0 saturated carbocycles. The average molecular weight is 233 g/mol. The third-order valence-corrected chi connectivity index (χ3v) is 2.22. The van der Waals surface area contributed by atoms with Crippen LogP contribution in [0.25, 0.3) is 0 Å². The minimum atomic E-state index is -0.456. The number of pyridine rings is 1. The molecule has 0 atom stereocenters. The van der Waals surface area contributed by atoms with Crippen LogP contribution < -0.4 is 16.0 Å². The minimum absolute atomic E-state index is 0.285. The molecule has 0 fully saturated rings. The molecule has 2 aromatic rings. The van der Waals surface area contributed by atoms with Crippen molar-refractivity contribution < 1.29 is 4.74 Å². The van der Waals surface area contributed by atoms with Gasteiger partial charge in [0.05, 0.1) is 19.3 Å². The Morgan fingerprint density at radius 3 is 2.88 bits per heavy atom. The van der Waals surface area contributed by atoms with Crippen LogP contribution in [0.3, 0.4) is 0 Å². The summed E-state index contributed by atoms with van der Waals surface area (Å²) in [5.74, 6) is 0.486. The monoisotopic (exact) mass is 233 g/mol. The molecular weight excluding hydrogens is 222 g/mol. The highest BCUT2D eigenvalue weighted by Crippen LogP contribution is 2.06. The predicted octanol–water partition coefficient (Wildman–Crippen LogP) is -0.0115. The normalized spacial score (nSPS) is 10.2. The lowest BCUT2D eigenvalue weighted by Gasteiger charge is -2.05. The topological polar surface area (TPSA) is 77.0 Å². The van der Waals surface area contributed by atoms with Crippen LogP contribution in [0.5, 0.6) is 5.88 Å². The van der Waals surface area contributed by atoms with E-state index in [-0.39, 0.29) is 6.54 Å². The third-order valence-electron chi connectivity index (χ3n) is 2.22. The Kier molecular flexibility index (Phi) is 3.04. The molecule has 6 heteroatoms. The lowest BCUT2D eigenvalue weighted by molar-refractivity contribution is 0.395. The Balaban J connectivity index is 2.31. The van der Waals surface area contributed by atoms with E-state index in [4.69, 9.17) is 4.74 Å². The largest absolute Gasteiger partial charge is 0.481 e. The summed E-state index contributed by atoms with van der Waals surface area (Å²) in [7, 11) is 1.53. The fraction of sp³-hybridized carbons (Fsp3) is 0.182. The van der Waals surface area contributed by atoms with Crippen molar-refractivity contribution >= 4 is 0 Å². The standard InChI is InChI=1S/C11H11N3O3/c1-17-10-4-2-3-8(12-10)7-14-6-5-9(15)13-11(14)16/h2-6H,7H2,1H3,(H,13,15,16). The maximum atomic E-state index is 11.4. The molecule has 88 valence electrons. The quantitative estimate of drug-likeness (QED) is 0.808. The second-order valence-electron chi connectivity index (χ2n) is 3.41. The Morgan fingerprint density at radius 1 is 1.35 bits per heavy atom. The molecular formula is C11H11N3O3. The highest BCUT2D eigenvalue weighted by atomic mass is 16.5. The van der Waals surface area contributed by atoms with Crippen molar-refractivity contribution in [3.63, 3.8) is 0 Å². The highest BCUT2D eigenvalue weighted by Gasteiger charge is 2.01. The zero-order chi connectivity index (χ0) is 12.3. The zero-order valence-corrected chi connectivity index (χ0v) is 9.21. The van der Waals surface area contributed by atoms with Gasteiger partial charge in [-0.1, -0.05) is 6.07 Å². The molecule has 0 unspecified atom stereocenters. The molecule has 1 N–H and O–H groups in total. The van der Waals surface area contributed by atoms with Crippen LogP contribution in [-0.4, -0.2) is 21.6 Å². The van der Waals surface area contributed by atoms with Crippen LogP contribution in [0.4, 0.5) is 0 Å². The van der Waals surface area contributed by atoms with E-state index in [9.17, 15) is 9.59 Å². The molecule has 0 aliphatic heterocycles. The molecule has 0 aliphatic rings. The van der Waals surface area contributed by atoms with Gasteiger partial charge in [-0.15, -0.1) is 0 Å². The Bertz CT molecular complexity index is 630. The first-order valence-electron chi connectivity index (χ1n) is 4.99. The second-order valence-corrected chi connectivity index (χ2v) is 3.41. The minimum Gasteiger partial charge on any atom is -0.481 e. The molecule has 0 saturated heterocycles. The van der Waals surface area contributed by atoms with Gasteiger partial charge in [0.2, 0.25) is 5.88 Å². The maximum Gasteiger partial charge on any atom is 0.328 e. The van der Waals surface area contributed by atoms with Crippen molar-refractivity contribution in [2.75, 3.05) is 7.11 Å². The van der Waals surface area contributed by atoms with Crippen LogP contribution in [0.1, 0.15) is 5.69 Å². The highest BCUT2D eigenvalue weighted by molar-refractivity contribution is 5.15. The first kappa shape index (κ1) is 11.1. The van der Waals surface area contributed by atoms with Gasteiger partial charge in [-0.05, 0) is 6.07 Å². The number of aromatic nitrogens is 3. The number of nitrogens with zero attached hydrogens (tertiary/aromatic N) is 2. The van der Waals surface area contributed by atoms with Gasteiger partial charge in [0, 0.05) is 18.3 Å². The fourth-order valence-electron chi connectivity index (χ4n) is 1.40. The number of hydrogen-bond donors (Lipinski definition) is 1. The molecule has 2 rings (SSSR count). The Morgan fingerprint density at radius 2 is 2.18 bits per heavy atom. The third kappa shape index (κ3) is 2.60. The lowest BCUT2D eigenvalue weighted by Crippen LogP contribution is -2.29. The van der Waals surface area contributed by atoms with Gasteiger partial charge >= 0.3 is 5.69 Å². The summed E-state index contributed by atoms with van der Waals surface area (Å²) in [5.41, 5.74) is -0.189. The van der Waals surface area contributed by atoms with Gasteiger partial charge in [-0.2, -0.15) is 0 Å². The van der Waals surface area contributed by atoms with Crippen molar-refractivity contribution in [1.29, 1.82) is 0 Å². The summed E-state index contributed by atoms with van der Waals surface area (Å²) in [6.45, 7) is 0.285. The van der Waals surface area contributed by atoms with Gasteiger partial charge in [-0.25, -0.2) is 9.78 Å². The zero-order valence-electron chi connectivity index (χ0n) is 9.21. The van der Waals surface area contributed by atoms with Crippen molar-refractivity contribution in [2.45, 2.75) is 6.54 Å². The number of aromatic amines is 1. The number of H-pyrrole nitrogens is 1. The number of methoxy groups -OCH3 is 1. The number of rotatable bonds is 3. The molecule has 0 aliphatic carbocycles. The molecule has 17 heavy (non-hydrogen) atoms. The molecule has 0 radical (unpaired) electrons. The molecule has 0 bridgehead atoms. The van der Waals surface area contributed by atoms with Gasteiger partial charge in [0.25, 0.3) is 5.56 Å². The smallest absolute Gasteiger partial charge is 0.328 e. The van der Waals surface area contributed by atoms with Gasteiger partial charge in [0.1, 0.15) is 0 Å². The summed E-state index contributed by atoms with van der Waals surface area (Å²) < 4.78 is 6.35. The second kappa shape index (κ2) is 4.65. The van der Waals surface area contributed by atoms with Gasteiger partial charge in [0.15, 0.2) is 0 Å². The van der Waals surface area contributed by atoms with E-state index in [1.807, 2.05) is 0 Å². The van der Waals surface area contributed by atoms with E-state index in [0.29, 0.717) is 11.6 Å². The summed E-state index contributed by atoms with van der Waals surface area (Å²) in [6, 6.07) is 6.58. The predicted molar refractivity (Wildman–Crippen MR) is 61.2 cm³/mol. The Hall–Kier alpha value is -2.37. The molecule has 0 spiro atoms. The van der Waals surface area contributed by atoms with Crippen LogP contribution in [0.15, 0.2) is 40.1 Å². The number of ether oxygens (including phenoxy) is 1. The van der Waals surface area contributed by atoms with E-state index in [0.717, 1.165) is 0 Å². The van der Waals surface area contributed by atoms with Crippen LogP contribution >= 0.6 is 0 Å². The van der Waals surface area contributed by atoms with Crippen molar-refractivity contribution in [1.82, 2.24) is 14.5 Å². The van der Waals surface area contributed by atoms with Crippen molar-refractivity contribution in [2.24, 2.45) is 0 Å². The molecule has 2 aromatic heterocycles. The van der Waals surface area contributed by atoms with Crippen LogP contribution in [-0.2, 0) is 6.54 Å². The lowest BCUT2D eigenvalue weighted by atomic mass is 10.3. The van der Waals surface area contributed by atoms with E-state index in [1.165, 1.54) is 23.9 Å². The van der Waals surface area contributed by atoms with Gasteiger partial charge in [-0.3, -0.25) is 14.3 Å². The van der Waals surface area contributed by atoms with Crippen LogP contribution in [0, 0.1) is 0 Å². The fourth-order valence-corrected chi connectivity index (χ4v) is 1.40. The SMILES string of the molecule is COc1cccc(Cn2ccc(=O)[nH]c2=O)n1. The summed E-state index contributed by atoms with van der Waals surface area (Å²) >= 11 is 0. The van der Waals surface area contributed by atoms with Gasteiger partial charge < -0.3 is 4.74 Å². The van der Waals surface area contributed by atoms with E-state index < -0.39 is 11.2 Å². The number of hydrogen-bond acceptors (Lipinski definition) is 4. The Labute approximate surface area is 96.5 Å².